The van der Waals surface area contributed by atoms with Crippen LogP contribution in [-0.4, -0.2) is 37.6 Å². The number of methoxy groups -OCH3 is 1. The lowest BCUT2D eigenvalue weighted by Crippen LogP contribution is -2.25. The summed E-state index contributed by atoms with van der Waals surface area (Å²) in [4.78, 5) is 17.7. The molecule has 0 spiro atoms. The molecule has 0 radical (unpaired) electrons. The van der Waals surface area contributed by atoms with Crippen molar-refractivity contribution in [2.24, 2.45) is 0 Å². The molecular weight excluding hydrogens is 380 g/mol. The average Bonchev–Trinajstić information content (AvgIpc) is 3.35. The van der Waals surface area contributed by atoms with Crippen LogP contribution in [0.1, 0.15) is 34.4 Å². The van der Waals surface area contributed by atoms with Crippen LogP contribution in [0.15, 0.2) is 42.6 Å². The second kappa shape index (κ2) is 7.98. The minimum atomic E-state index is -0.160. The molecule has 0 aliphatic rings. The highest BCUT2D eigenvalue weighted by atomic mass is 16.5. The molecule has 154 valence electrons. The maximum Gasteiger partial charge on any atom is 0.252 e. The molecular formula is C22H24N6O2. The van der Waals surface area contributed by atoms with Crippen LogP contribution in [0.25, 0.3) is 16.7 Å². The Bertz CT molecular complexity index is 1210. The van der Waals surface area contributed by atoms with Gasteiger partial charge in [0.1, 0.15) is 5.75 Å². The molecule has 0 saturated heterocycles. The molecule has 3 aromatic heterocycles. The molecule has 1 N–H and O–H groups in total. The van der Waals surface area contributed by atoms with Gasteiger partial charge in [0.25, 0.3) is 5.91 Å². The number of aryl methyl sites for hydroxylation is 3. The number of rotatable bonds is 6. The summed E-state index contributed by atoms with van der Waals surface area (Å²) in [7, 11) is 1.63. The quantitative estimate of drug-likeness (QED) is 0.533. The van der Waals surface area contributed by atoms with Crippen molar-refractivity contribution in [2.45, 2.75) is 33.9 Å². The van der Waals surface area contributed by atoms with E-state index in [1.807, 2.05) is 61.9 Å². The summed E-state index contributed by atoms with van der Waals surface area (Å²) in [5, 5.41) is 12.7. The van der Waals surface area contributed by atoms with E-state index < -0.39 is 0 Å². The number of nitrogens with zero attached hydrogens (tertiary/aromatic N) is 5. The Hall–Kier alpha value is -3.68. The highest BCUT2D eigenvalue weighted by Crippen LogP contribution is 2.25. The van der Waals surface area contributed by atoms with Gasteiger partial charge < -0.3 is 10.1 Å². The van der Waals surface area contributed by atoms with Gasteiger partial charge in [0.05, 0.1) is 41.7 Å². The average molecular weight is 404 g/mol. The molecule has 0 fully saturated rings. The first-order chi connectivity index (χ1) is 14.5. The van der Waals surface area contributed by atoms with E-state index in [9.17, 15) is 4.79 Å². The van der Waals surface area contributed by atoms with Gasteiger partial charge in [0.15, 0.2) is 5.65 Å². The van der Waals surface area contributed by atoms with Crippen LogP contribution in [0.2, 0.25) is 0 Å². The number of amides is 1. The first-order valence-electron chi connectivity index (χ1n) is 9.82. The summed E-state index contributed by atoms with van der Waals surface area (Å²) >= 11 is 0. The van der Waals surface area contributed by atoms with Gasteiger partial charge in [-0.2, -0.15) is 10.2 Å². The molecule has 3 heterocycles. The third kappa shape index (κ3) is 3.52. The third-order valence-electron chi connectivity index (χ3n) is 5.04. The number of ether oxygens (including phenoxy) is 1. The monoisotopic (exact) mass is 404 g/mol. The van der Waals surface area contributed by atoms with Gasteiger partial charge in [0, 0.05) is 18.4 Å². The lowest BCUT2D eigenvalue weighted by Gasteiger charge is -2.09. The number of hydrogen-bond acceptors (Lipinski definition) is 5. The molecule has 1 amide bonds. The van der Waals surface area contributed by atoms with Gasteiger partial charge in [-0.3, -0.25) is 9.48 Å². The summed E-state index contributed by atoms with van der Waals surface area (Å²) in [6.07, 6.45) is 1.74. The molecule has 0 unspecified atom stereocenters. The molecule has 8 nitrogen and oxygen atoms in total. The van der Waals surface area contributed by atoms with Gasteiger partial charge in [-0.25, -0.2) is 9.67 Å². The van der Waals surface area contributed by atoms with Crippen LogP contribution in [-0.2, 0) is 13.1 Å². The van der Waals surface area contributed by atoms with Crippen LogP contribution in [0, 0.1) is 13.8 Å². The van der Waals surface area contributed by atoms with Gasteiger partial charge >= 0.3 is 0 Å². The van der Waals surface area contributed by atoms with Crippen LogP contribution in [0.5, 0.6) is 5.75 Å². The van der Waals surface area contributed by atoms with Crippen LogP contribution in [0.3, 0.4) is 0 Å². The fraction of sp³-hybridized carbons (Fsp3) is 0.273. The maximum absolute atomic E-state index is 13.1. The van der Waals surface area contributed by atoms with Crippen molar-refractivity contribution in [1.29, 1.82) is 0 Å². The smallest absolute Gasteiger partial charge is 0.252 e. The SMILES string of the molecule is CCn1nccc1CNC(=O)c1cc(C)nc2c1c(C)nn2-c1ccc(OC)cc1. The normalized spacial score (nSPS) is 11.1. The van der Waals surface area contributed by atoms with Crippen molar-refractivity contribution in [3.05, 3.63) is 65.2 Å². The molecule has 0 aliphatic heterocycles. The van der Waals surface area contributed by atoms with Crippen molar-refractivity contribution >= 4 is 16.9 Å². The van der Waals surface area contributed by atoms with Gasteiger partial charge in [-0.05, 0) is 57.2 Å². The van der Waals surface area contributed by atoms with E-state index in [-0.39, 0.29) is 5.91 Å². The van der Waals surface area contributed by atoms with Gasteiger partial charge in [0.2, 0.25) is 0 Å². The molecule has 0 saturated carbocycles. The summed E-state index contributed by atoms with van der Waals surface area (Å²) in [5.74, 6) is 0.606. The van der Waals surface area contributed by atoms with E-state index in [4.69, 9.17) is 4.74 Å². The van der Waals surface area contributed by atoms with Crippen molar-refractivity contribution < 1.29 is 9.53 Å². The summed E-state index contributed by atoms with van der Waals surface area (Å²) < 4.78 is 8.86. The van der Waals surface area contributed by atoms with E-state index >= 15 is 0 Å². The number of benzene rings is 1. The molecule has 4 aromatic rings. The van der Waals surface area contributed by atoms with E-state index in [1.54, 1.807) is 18.0 Å². The Morgan fingerprint density at radius 1 is 1.17 bits per heavy atom. The van der Waals surface area contributed by atoms with E-state index in [0.717, 1.165) is 40.4 Å². The largest absolute Gasteiger partial charge is 0.497 e. The molecule has 1 aromatic carbocycles. The topological polar surface area (TPSA) is 86.9 Å². The number of hydrogen-bond donors (Lipinski definition) is 1. The Kier molecular flexibility index (Phi) is 5.22. The number of fused-ring (bicyclic) bond motifs is 1. The lowest BCUT2D eigenvalue weighted by molar-refractivity contribution is 0.0951. The van der Waals surface area contributed by atoms with Crippen molar-refractivity contribution in [3.8, 4) is 11.4 Å². The second-order valence-corrected chi connectivity index (χ2v) is 7.03. The Balaban J connectivity index is 1.71. The number of carbonyl (C=O) groups is 1. The summed E-state index contributed by atoms with van der Waals surface area (Å²) in [5.41, 5.74) is 4.53. The van der Waals surface area contributed by atoms with E-state index in [0.29, 0.717) is 17.8 Å². The molecule has 30 heavy (non-hydrogen) atoms. The van der Waals surface area contributed by atoms with E-state index in [1.165, 1.54) is 0 Å². The standard InChI is InChI=1S/C22H24N6O2/c1-5-27-17(10-11-24-27)13-23-22(29)19-12-14(2)25-21-20(19)15(3)26-28(21)16-6-8-18(30-4)9-7-16/h6-12H,5,13H2,1-4H3,(H,23,29). The van der Waals surface area contributed by atoms with Gasteiger partial charge in [-0.1, -0.05) is 0 Å². The predicted molar refractivity (Wildman–Crippen MR) is 114 cm³/mol. The zero-order chi connectivity index (χ0) is 21.3. The fourth-order valence-electron chi connectivity index (χ4n) is 3.56. The Morgan fingerprint density at radius 3 is 2.63 bits per heavy atom. The molecule has 0 aliphatic carbocycles. The first-order valence-corrected chi connectivity index (χ1v) is 9.82. The van der Waals surface area contributed by atoms with Gasteiger partial charge in [-0.15, -0.1) is 0 Å². The number of aromatic nitrogens is 5. The minimum Gasteiger partial charge on any atom is -0.497 e. The predicted octanol–water partition coefficient (Wildman–Crippen LogP) is 3.19. The minimum absolute atomic E-state index is 0.160. The second-order valence-electron chi connectivity index (χ2n) is 7.03. The zero-order valence-electron chi connectivity index (χ0n) is 17.5. The summed E-state index contributed by atoms with van der Waals surface area (Å²) in [6.45, 7) is 6.95. The molecule has 8 heteroatoms. The highest BCUT2D eigenvalue weighted by molar-refractivity contribution is 6.06. The first kappa shape index (κ1) is 19.6. The molecule has 4 rings (SSSR count). The summed E-state index contributed by atoms with van der Waals surface area (Å²) in [6, 6.07) is 11.3. The van der Waals surface area contributed by atoms with Crippen LogP contribution < -0.4 is 10.1 Å². The van der Waals surface area contributed by atoms with E-state index in [2.05, 4.69) is 20.5 Å². The van der Waals surface area contributed by atoms with Crippen molar-refractivity contribution in [2.75, 3.05) is 7.11 Å². The Labute approximate surface area is 174 Å². The molecule has 0 atom stereocenters. The van der Waals surface area contributed by atoms with Crippen LogP contribution >= 0.6 is 0 Å². The molecule has 0 bridgehead atoms. The number of carbonyl (C=O) groups excluding carboxylic acids is 1. The van der Waals surface area contributed by atoms with Crippen LogP contribution in [0.4, 0.5) is 0 Å². The number of pyridine rings is 1. The maximum atomic E-state index is 13.1. The zero-order valence-corrected chi connectivity index (χ0v) is 17.5. The fourth-order valence-corrected chi connectivity index (χ4v) is 3.56. The van der Waals surface area contributed by atoms with Crippen molar-refractivity contribution in [3.63, 3.8) is 0 Å². The number of nitrogens with one attached hydrogen (secondary N) is 1. The Morgan fingerprint density at radius 2 is 1.93 bits per heavy atom. The highest BCUT2D eigenvalue weighted by Gasteiger charge is 2.19. The third-order valence-corrected chi connectivity index (χ3v) is 5.04. The lowest BCUT2D eigenvalue weighted by atomic mass is 10.1. The van der Waals surface area contributed by atoms with Crippen molar-refractivity contribution in [1.82, 2.24) is 29.9 Å².